The minimum atomic E-state index is -4.22. The van der Waals surface area contributed by atoms with E-state index in [9.17, 15) is 13.2 Å². The lowest BCUT2D eigenvalue weighted by molar-refractivity contribution is -0.150. The van der Waals surface area contributed by atoms with Crippen LogP contribution < -0.4 is 31.9 Å². The van der Waals surface area contributed by atoms with Gasteiger partial charge in [0, 0.05) is 52.4 Å². The number of nitrogens with zero attached hydrogens (tertiary/aromatic N) is 2. The summed E-state index contributed by atoms with van der Waals surface area (Å²) >= 11 is 0. The highest BCUT2D eigenvalue weighted by Crippen LogP contribution is 2.42. The zero-order chi connectivity index (χ0) is 28.3. The molecule has 10 nitrogen and oxygen atoms in total. The quantitative estimate of drug-likeness (QED) is 0.247. The zero-order valence-corrected chi connectivity index (χ0v) is 24.1. The van der Waals surface area contributed by atoms with Crippen LogP contribution >= 0.6 is 0 Å². The molecule has 0 amide bonds. The normalized spacial score (nSPS) is 46.6. The van der Waals surface area contributed by atoms with Crippen molar-refractivity contribution in [2.75, 3.05) is 40.5 Å². The fraction of sp³-hybridized carbons (Fsp3) is 0.963. The van der Waals surface area contributed by atoms with Gasteiger partial charge >= 0.3 is 6.18 Å². The average Bonchev–Trinajstić information content (AvgIpc) is 3.60. The molecule has 2 aliphatic carbocycles. The van der Waals surface area contributed by atoms with Gasteiger partial charge in [-0.2, -0.15) is 13.2 Å². The highest BCUT2D eigenvalue weighted by Gasteiger charge is 2.53. The average molecular weight is 572 g/mol. The van der Waals surface area contributed by atoms with Crippen LogP contribution in [0.5, 0.6) is 0 Å². The SMILES string of the molecule is COC1NCNC(C2CC2)C1C1NCC2C(N1)N(CC1CC(C)C(C3NCC(C(F)(F)F)N3)CC1C)C(=N)N2C. The van der Waals surface area contributed by atoms with Gasteiger partial charge in [0.05, 0.1) is 18.4 Å². The Morgan fingerprint density at radius 3 is 2.40 bits per heavy atom. The summed E-state index contributed by atoms with van der Waals surface area (Å²) in [6, 6.07) is -0.935. The molecule has 228 valence electrons. The fourth-order valence-corrected chi connectivity index (χ4v) is 8.37. The van der Waals surface area contributed by atoms with E-state index in [0.717, 1.165) is 32.6 Å². The standard InChI is InChI=1S/C27H48F3N9O/c1-13-8-17(22-33-10-19(36-22)27(28,29)30)14(2)7-16(13)11-39-24-18(38(3)26(39)31)9-32-23(37-24)20-21(15-5-6-15)34-12-35-25(20)40-4/h13-25,31-37H,5-12H2,1-4H3. The lowest BCUT2D eigenvalue weighted by atomic mass is 9.68. The first kappa shape index (κ1) is 28.9. The highest BCUT2D eigenvalue weighted by atomic mass is 19.4. The Hall–Kier alpha value is -1.22. The number of rotatable bonds is 6. The molecule has 13 heteroatoms. The molecule has 0 aromatic heterocycles. The second-order valence-corrected chi connectivity index (χ2v) is 13.3. The zero-order valence-electron chi connectivity index (χ0n) is 24.1. The van der Waals surface area contributed by atoms with E-state index in [-0.39, 0.29) is 49.1 Å². The molecule has 0 spiro atoms. The van der Waals surface area contributed by atoms with Crippen LogP contribution in [0, 0.1) is 40.9 Å². The molecule has 0 aromatic rings. The van der Waals surface area contributed by atoms with E-state index < -0.39 is 12.2 Å². The summed E-state index contributed by atoms with van der Waals surface area (Å²) in [6.45, 7) is 6.68. The van der Waals surface area contributed by atoms with Crippen LogP contribution in [-0.2, 0) is 4.74 Å². The Balaban J connectivity index is 1.12. The molecule has 12 atom stereocenters. The van der Waals surface area contributed by atoms with Gasteiger partial charge in [-0.15, -0.1) is 0 Å². The topological polar surface area (TPSA) is 112 Å². The summed E-state index contributed by atoms with van der Waals surface area (Å²) < 4.78 is 45.7. The second-order valence-electron chi connectivity index (χ2n) is 13.3. The van der Waals surface area contributed by atoms with Crippen LogP contribution in [-0.4, -0.2) is 105 Å². The van der Waals surface area contributed by atoms with Crippen molar-refractivity contribution in [1.29, 1.82) is 5.41 Å². The molecule has 6 fully saturated rings. The summed E-state index contributed by atoms with van der Waals surface area (Å²) in [5.41, 5.74) is 0. The first-order valence-corrected chi connectivity index (χ1v) is 15.2. The molecule has 6 aliphatic rings. The van der Waals surface area contributed by atoms with Gasteiger partial charge in [-0.25, -0.2) is 0 Å². The first-order valence-electron chi connectivity index (χ1n) is 15.2. The number of methoxy groups -OCH3 is 1. The number of ether oxygens (including phenoxy) is 1. The van der Waals surface area contributed by atoms with Gasteiger partial charge in [0.2, 0.25) is 0 Å². The Kier molecular flexibility index (Phi) is 8.03. The number of halogens is 3. The Labute approximate surface area is 235 Å². The van der Waals surface area contributed by atoms with Gasteiger partial charge in [-0.3, -0.25) is 32.0 Å². The van der Waals surface area contributed by atoms with E-state index >= 15 is 0 Å². The highest BCUT2D eigenvalue weighted by molar-refractivity contribution is 5.80. The van der Waals surface area contributed by atoms with Crippen LogP contribution in [0.3, 0.4) is 0 Å². The molecular weight excluding hydrogens is 523 g/mol. The molecule has 2 saturated carbocycles. The van der Waals surface area contributed by atoms with Gasteiger partial charge in [0.15, 0.2) is 5.96 Å². The van der Waals surface area contributed by atoms with Crippen LogP contribution in [0.15, 0.2) is 0 Å². The Morgan fingerprint density at radius 1 is 0.975 bits per heavy atom. The predicted molar refractivity (Wildman–Crippen MR) is 146 cm³/mol. The number of nitrogens with one attached hydrogen (secondary N) is 7. The summed E-state index contributed by atoms with van der Waals surface area (Å²) in [4.78, 5) is 4.32. The van der Waals surface area contributed by atoms with Crippen molar-refractivity contribution in [2.45, 2.75) is 88.6 Å². The number of guanidine groups is 1. The summed E-state index contributed by atoms with van der Waals surface area (Å²) in [5, 5.41) is 29.8. The number of hydrogen-bond donors (Lipinski definition) is 7. The first-order chi connectivity index (χ1) is 19.1. The van der Waals surface area contributed by atoms with Gasteiger partial charge in [-0.05, 0) is 55.3 Å². The maximum atomic E-state index is 13.3. The predicted octanol–water partition coefficient (Wildman–Crippen LogP) is 0.648. The molecule has 40 heavy (non-hydrogen) atoms. The van der Waals surface area contributed by atoms with E-state index in [4.69, 9.17) is 10.1 Å². The lowest BCUT2D eigenvalue weighted by Crippen LogP contribution is -2.73. The molecule has 12 unspecified atom stereocenters. The third kappa shape index (κ3) is 5.35. The van der Waals surface area contributed by atoms with E-state index in [0.29, 0.717) is 35.7 Å². The molecular formula is C27H48F3N9O. The minimum absolute atomic E-state index is 0.0222. The van der Waals surface area contributed by atoms with E-state index in [2.05, 4.69) is 55.5 Å². The van der Waals surface area contributed by atoms with Crippen molar-refractivity contribution in [2.24, 2.45) is 35.5 Å². The van der Waals surface area contributed by atoms with E-state index in [1.54, 1.807) is 7.11 Å². The van der Waals surface area contributed by atoms with Crippen molar-refractivity contribution >= 4 is 5.96 Å². The summed E-state index contributed by atoms with van der Waals surface area (Å²) in [5.74, 6) is 2.62. The van der Waals surface area contributed by atoms with Crippen molar-refractivity contribution in [3.8, 4) is 0 Å². The molecule has 0 radical (unpaired) electrons. The maximum Gasteiger partial charge on any atom is 0.405 e. The van der Waals surface area contributed by atoms with Crippen LogP contribution in [0.2, 0.25) is 0 Å². The molecule has 0 bridgehead atoms. The van der Waals surface area contributed by atoms with Gasteiger partial charge in [0.1, 0.15) is 18.4 Å². The lowest BCUT2D eigenvalue weighted by Gasteiger charge is -2.48. The molecule has 4 aliphatic heterocycles. The van der Waals surface area contributed by atoms with Crippen LogP contribution in [0.25, 0.3) is 0 Å². The number of alkyl halides is 3. The molecule has 0 aromatic carbocycles. The third-order valence-electron chi connectivity index (χ3n) is 10.9. The van der Waals surface area contributed by atoms with Crippen molar-refractivity contribution < 1.29 is 17.9 Å². The van der Waals surface area contributed by atoms with Gasteiger partial charge < -0.3 is 19.9 Å². The van der Waals surface area contributed by atoms with Crippen molar-refractivity contribution in [3.63, 3.8) is 0 Å². The summed E-state index contributed by atoms with van der Waals surface area (Å²) in [6.07, 6.45) is -0.175. The molecule has 4 heterocycles. The monoisotopic (exact) mass is 571 g/mol. The summed E-state index contributed by atoms with van der Waals surface area (Å²) in [7, 11) is 3.78. The second kappa shape index (κ2) is 11.1. The number of fused-ring (bicyclic) bond motifs is 1. The fourth-order valence-electron chi connectivity index (χ4n) is 8.37. The number of likely N-dealkylation sites (N-methyl/N-ethyl adjacent to an activating group) is 1. The van der Waals surface area contributed by atoms with Crippen molar-refractivity contribution in [3.05, 3.63) is 0 Å². The smallest absolute Gasteiger partial charge is 0.366 e. The van der Waals surface area contributed by atoms with Crippen LogP contribution in [0.1, 0.15) is 39.5 Å². The van der Waals surface area contributed by atoms with Crippen molar-refractivity contribution in [1.82, 2.24) is 41.7 Å². The Morgan fingerprint density at radius 2 is 1.73 bits per heavy atom. The third-order valence-corrected chi connectivity index (χ3v) is 10.9. The van der Waals surface area contributed by atoms with Crippen LogP contribution in [0.4, 0.5) is 13.2 Å². The molecule has 6 rings (SSSR count). The van der Waals surface area contributed by atoms with E-state index in [1.165, 1.54) is 12.8 Å². The Bertz CT molecular complexity index is 922. The largest absolute Gasteiger partial charge is 0.405 e. The van der Waals surface area contributed by atoms with E-state index in [1.807, 2.05) is 7.05 Å². The number of hydrogen-bond acceptors (Lipinski definition) is 8. The molecule has 4 saturated heterocycles. The molecule has 7 N–H and O–H groups in total. The minimum Gasteiger partial charge on any atom is -0.366 e. The maximum absolute atomic E-state index is 13.3. The van der Waals surface area contributed by atoms with Gasteiger partial charge in [0.25, 0.3) is 0 Å². The van der Waals surface area contributed by atoms with Gasteiger partial charge in [-0.1, -0.05) is 13.8 Å².